The van der Waals surface area contributed by atoms with Crippen LogP contribution in [-0.4, -0.2) is 24.6 Å². The molecule has 0 radical (unpaired) electrons. The molecule has 0 saturated heterocycles. The molecular weight excluding hydrogens is 236 g/mol. The second kappa shape index (κ2) is 8.47. The summed E-state index contributed by atoms with van der Waals surface area (Å²) in [5.74, 6) is 0.657. The van der Waals surface area contributed by atoms with E-state index in [1.807, 2.05) is 30.3 Å². The van der Waals surface area contributed by atoms with E-state index in [0.717, 1.165) is 5.56 Å². The first-order valence-electron chi connectivity index (χ1n) is 5.75. The van der Waals surface area contributed by atoms with Gasteiger partial charge in [-0.3, -0.25) is 10.4 Å². The minimum absolute atomic E-state index is 0.205. The van der Waals surface area contributed by atoms with Crippen LogP contribution in [0.15, 0.2) is 70.2 Å². The maximum atomic E-state index is 7.75. The van der Waals surface area contributed by atoms with Crippen molar-refractivity contribution in [1.82, 2.24) is 0 Å². The molecule has 1 aromatic rings. The van der Waals surface area contributed by atoms with E-state index in [2.05, 4.69) is 28.3 Å². The van der Waals surface area contributed by atoms with E-state index < -0.39 is 0 Å². The van der Waals surface area contributed by atoms with E-state index in [9.17, 15) is 0 Å². The molecule has 19 heavy (non-hydrogen) atoms. The van der Waals surface area contributed by atoms with Gasteiger partial charge >= 0.3 is 0 Å². The Hall–Kier alpha value is -2.62. The quantitative estimate of drug-likeness (QED) is 0.617. The van der Waals surface area contributed by atoms with Crippen LogP contribution < -0.4 is 0 Å². The lowest BCUT2D eigenvalue weighted by atomic mass is 10.2. The molecule has 0 aliphatic heterocycles. The number of allylic oxidation sites excluding steroid dienone is 1. The second-order valence-electron chi connectivity index (χ2n) is 3.53. The highest BCUT2D eigenvalue weighted by atomic mass is 14.9. The molecule has 0 bridgehead atoms. The van der Waals surface area contributed by atoms with Gasteiger partial charge in [-0.05, 0) is 6.72 Å². The molecule has 0 saturated carbocycles. The van der Waals surface area contributed by atoms with Crippen molar-refractivity contribution in [1.29, 1.82) is 5.41 Å². The number of nitrogens with one attached hydrogen (secondary N) is 1. The third-order valence-electron chi connectivity index (χ3n) is 2.12. The molecule has 1 rings (SSSR count). The number of hydrogen-bond acceptors (Lipinski definition) is 2. The zero-order valence-electron chi connectivity index (χ0n) is 10.7. The topological polar surface area (TPSA) is 60.9 Å². The number of rotatable bonds is 5. The Morgan fingerprint density at radius 2 is 2.00 bits per heavy atom. The van der Waals surface area contributed by atoms with Crippen LogP contribution in [0.1, 0.15) is 12.0 Å². The third-order valence-corrected chi connectivity index (χ3v) is 2.12. The Bertz CT molecular complexity index is 524. The Labute approximate surface area is 113 Å². The van der Waals surface area contributed by atoms with E-state index in [1.54, 1.807) is 24.6 Å². The zero-order chi connectivity index (χ0) is 13.9. The normalized spacial score (nSPS) is 11.9. The fraction of sp³-hybridized carbons (Fsp3) is 0.0667. The van der Waals surface area contributed by atoms with Gasteiger partial charge in [-0.1, -0.05) is 49.1 Å². The molecule has 0 amide bonds. The summed E-state index contributed by atoms with van der Waals surface area (Å²) in [7, 11) is 0. The van der Waals surface area contributed by atoms with Crippen LogP contribution in [0.25, 0.3) is 0 Å². The van der Waals surface area contributed by atoms with Gasteiger partial charge < -0.3 is 0 Å². The number of hydrogen-bond donors (Lipinski definition) is 1. The van der Waals surface area contributed by atoms with Gasteiger partial charge in [0.05, 0.1) is 0 Å². The Kier molecular flexibility index (Phi) is 6.44. The molecule has 96 valence electrons. The highest BCUT2D eigenvalue weighted by Crippen LogP contribution is 2.03. The van der Waals surface area contributed by atoms with Crippen molar-refractivity contribution in [2.45, 2.75) is 6.42 Å². The molecule has 4 nitrogen and oxygen atoms in total. The second-order valence-corrected chi connectivity index (χ2v) is 3.53. The molecule has 1 aromatic carbocycles. The fourth-order valence-electron chi connectivity index (χ4n) is 1.29. The van der Waals surface area contributed by atoms with Crippen LogP contribution in [0.2, 0.25) is 0 Å². The summed E-state index contributed by atoms with van der Waals surface area (Å²) >= 11 is 0. The lowest BCUT2D eigenvalue weighted by Gasteiger charge is -2.00. The van der Waals surface area contributed by atoms with Crippen molar-refractivity contribution in [2.24, 2.45) is 15.0 Å². The molecule has 0 heterocycles. The van der Waals surface area contributed by atoms with Crippen LogP contribution in [0.5, 0.6) is 0 Å². The van der Waals surface area contributed by atoms with Gasteiger partial charge in [0.15, 0.2) is 5.84 Å². The van der Waals surface area contributed by atoms with Gasteiger partial charge in [0, 0.05) is 24.4 Å². The highest BCUT2D eigenvalue weighted by molar-refractivity contribution is 6.07. The Balaban J connectivity index is 2.68. The van der Waals surface area contributed by atoms with Crippen molar-refractivity contribution in [3.63, 3.8) is 0 Å². The summed E-state index contributed by atoms with van der Waals surface area (Å²) in [5, 5.41) is 7.75. The first kappa shape index (κ1) is 14.4. The van der Waals surface area contributed by atoms with Crippen LogP contribution in [-0.2, 0) is 0 Å². The van der Waals surface area contributed by atoms with Gasteiger partial charge in [-0.15, -0.1) is 0 Å². The van der Waals surface area contributed by atoms with Gasteiger partial charge in [0.2, 0.25) is 0 Å². The summed E-state index contributed by atoms with van der Waals surface area (Å²) in [5.41, 5.74) is 0.843. The van der Waals surface area contributed by atoms with E-state index in [1.165, 1.54) is 0 Å². The molecule has 0 aromatic heterocycles. The average molecular weight is 252 g/mol. The lowest BCUT2D eigenvalue weighted by molar-refractivity contribution is 1.29. The zero-order valence-corrected chi connectivity index (χ0v) is 10.7. The van der Waals surface area contributed by atoms with Gasteiger partial charge in [0.25, 0.3) is 0 Å². The predicted molar refractivity (Wildman–Crippen MR) is 82.7 cm³/mol. The van der Waals surface area contributed by atoms with Crippen LogP contribution in [0.4, 0.5) is 0 Å². The van der Waals surface area contributed by atoms with Crippen molar-refractivity contribution in [3.05, 3.63) is 60.8 Å². The molecule has 4 heteroatoms. The fourth-order valence-corrected chi connectivity index (χ4v) is 1.29. The highest BCUT2D eigenvalue weighted by Gasteiger charge is 2.00. The van der Waals surface area contributed by atoms with Gasteiger partial charge in [-0.25, -0.2) is 9.98 Å². The van der Waals surface area contributed by atoms with Crippen LogP contribution in [0, 0.1) is 5.41 Å². The standard InChI is InChI=1S/C15H16N4/c1-3-11-18-12-7-10-14(16)19-15(17-2)13-8-5-4-6-9-13/h3-9,11-12,16H,1-2,10H2/b12-7-,16-14?,18-11?,19-15?. The molecule has 1 N–H and O–H groups in total. The number of amidine groups is 2. The molecule has 0 aliphatic rings. The van der Waals surface area contributed by atoms with Crippen molar-refractivity contribution < 1.29 is 0 Å². The predicted octanol–water partition coefficient (Wildman–Crippen LogP) is 3.27. The van der Waals surface area contributed by atoms with E-state index in [0.29, 0.717) is 12.3 Å². The third kappa shape index (κ3) is 5.50. The van der Waals surface area contributed by atoms with Crippen molar-refractivity contribution in [3.8, 4) is 0 Å². The smallest absolute Gasteiger partial charge is 0.160 e. The number of benzene rings is 1. The maximum absolute atomic E-state index is 7.75. The van der Waals surface area contributed by atoms with Crippen molar-refractivity contribution in [2.75, 3.05) is 0 Å². The molecule has 0 aliphatic carbocycles. The Morgan fingerprint density at radius 1 is 1.26 bits per heavy atom. The summed E-state index contributed by atoms with van der Waals surface area (Å²) in [6.07, 6.45) is 6.90. The van der Waals surface area contributed by atoms with Crippen molar-refractivity contribution >= 4 is 24.6 Å². The number of aliphatic imine (C=N–C) groups is 3. The molecule has 0 unspecified atom stereocenters. The van der Waals surface area contributed by atoms with Gasteiger partial charge in [0.1, 0.15) is 5.84 Å². The summed E-state index contributed by atoms with van der Waals surface area (Å²) in [6.45, 7) is 6.99. The van der Waals surface area contributed by atoms with Gasteiger partial charge in [-0.2, -0.15) is 0 Å². The molecule has 0 fully saturated rings. The monoisotopic (exact) mass is 252 g/mol. The lowest BCUT2D eigenvalue weighted by Crippen LogP contribution is -2.01. The molecule has 0 atom stereocenters. The van der Waals surface area contributed by atoms with Crippen LogP contribution >= 0.6 is 0 Å². The van der Waals surface area contributed by atoms with E-state index >= 15 is 0 Å². The minimum Gasteiger partial charge on any atom is -0.286 e. The first-order valence-corrected chi connectivity index (χ1v) is 5.75. The molecular formula is C15H16N4. The maximum Gasteiger partial charge on any atom is 0.160 e. The largest absolute Gasteiger partial charge is 0.286 e. The first-order chi connectivity index (χ1) is 9.27. The summed E-state index contributed by atoms with van der Waals surface area (Å²) in [6, 6.07) is 9.46. The Morgan fingerprint density at radius 3 is 2.63 bits per heavy atom. The minimum atomic E-state index is 0.205. The molecule has 0 spiro atoms. The SMILES string of the molecule is C=CC=N/C=C\CC(=N)N=C(N=C)c1ccccc1. The van der Waals surface area contributed by atoms with E-state index in [4.69, 9.17) is 5.41 Å². The summed E-state index contributed by atoms with van der Waals surface area (Å²) < 4.78 is 0. The van der Waals surface area contributed by atoms with Crippen LogP contribution in [0.3, 0.4) is 0 Å². The summed E-state index contributed by atoms with van der Waals surface area (Å²) in [4.78, 5) is 11.9. The van der Waals surface area contributed by atoms with E-state index in [-0.39, 0.29) is 5.84 Å². The number of nitrogens with zero attached hydrogens (tertiary/aromatic N) is 3. The average Bonchev–Trinajstić information content (AvgIpc) is 2.45.